The van der Waals surface area contributed by atoms with E-state index in [0.29, 0.717) is 11.1 Å². The molecule has 1 saturated heterocycles. The topological polar surface area (TPSA) is 84.4 Å². The Kier molecular flexibility index (Phi) is 2.61. The Hall–Kier alpha value is -2.58. The lowest BCUT2D eigenvalue weighted by atomic mass is 9.91. The van der Waals surface area contributed by atoms with Gasteiger partial charge in [-0.25, -0.2) is 9.37 Å². The summed E-state index contributed by atoms with van der Waals surface area (Å²) in [7, 11) is 0. The van der Waals surface area contributed by atoms with Crippen LogP contribution in [-0.4, -0.2) is 44.3 Å². The van der Waals surface area contributed by atoms with Crippen molar-refractivity contribution in [2.75, 3.05) is 19.6 Å². The Balaban J connectivity index is 1.60. The number of hydrogen-bond donors (Lipinski definition) is 1. The second-order valence-corrected chi connectivity index (χ2v) is 7.22. The minimum atomic E-state index is -3.83. The molecule has 1 N–H and O–H groups in total. The zero-order valence-electron chi connectivity index (χ0n) is 30.1. The van der Waals surface area contributed by atoms with Crippen molar-refractivity contribution < 1.29 is 33.2 Å². The van der Waals surface area contributed by atoms with Gasteiger partial charge in [0.15, 0.2) is 5.58 Å². The zero-order chi connectivity index (χ0) is 33.9. The molecule has 31 heavy (non-hydrogen) atoms. The van der Waals surface area contributed by atoms with Crippen LogP contribution in [0.5, 0.6) is 0 Å². The Labute approximate surface area is 199 Å². The van der Waals surface area contributed by atoms with Gasteiger partial charge in [0.25, 0.3) is 5.56 Å². The molecule has 4 heterocycles. The molecule has 164 valence electrons. The van der Waals surface area contributed by atoms with Crippen molar-refractivity contribution in [2.45, 2.75) is 57.3 Å². The van der Waals surface area contributed by atoms with Gasteiger partial charge in [0.2, 0.25) is 0 Å². The summed E-state index contributed by atoms with van der Waals surface area (Å²) in [6.45, 7) is -10.7. The predicted octanol–water partition coefficient (Wildman–Crippen LogP) is 3.08. The van der Waals surface area contributed by atoms with Crippen molar-refractivity contribution in [1.82, 2.24) is 19.6 Å². The number of aromatic nitrogens is 3. The van der Waals surface area contributed by atoms with Gasteiger partial charge in [0, 0.05) is 59.4 Å². The number of benzene rings is 1. The van der Waals surface area contributed by atoms with Gasteiger partial charge in [-0.15, -0.1) is 0 Å². The number of aliphatic hydroxyl groups is 1. The fraction of sp³-hybridized carbons (Fsp3) is 0.522. The van der Waals surface area contributed by atoms with E-state index in [2.05, 4.69) is 10.1 Å². The Morgan fingerprint density at radius 3 is 3.10 bits per heavy atom. The third-order valence-electron chi connectivity index (χ3n) is 5.33. The van der Waals surface area contributed by atoms with Gasteiger partial charge in [-0.2, -0.15) is 0 Å². The number of aryl methyl sites for hydroxylation is 1. The lowest BCUT2D eigenvalue weighted by Crippen LogP contribution is -2.37. The molecule has 5 rings (SSSR count). The molecule has 1 atom stereocenters. The monoisotopic (exact) mass is 440 g/mol. The molecule has 2 aliphatic heterocycles. The van der Waals surface area contributed by atoms with Crippen LogP contribution in [0, 0.1) is 12.7 Å². The smallest absolute Gasteiger partial charge is 0.257 e. The van der Waals surface area contributed by atoms with Gasteiger partial charge in [-0.3, -0.25) is 9.36 Å². The minimum Gasteiger partial charge on any atom is -0.385 e. The van der Waals surface area contributed by atoms with Crippen molar-refractivity contribution in [1.29, 1.82) is 0 Å². The van der Waals surface area contributed by atoms with Crippen molar-refractivity contribution in [3.8, 4) is 0 Å². The second-order valence-electron chi connectivity index (χ2n) is 7.22. The molecule has 3 aromatic rings. The van der Waals surface area contributed by atoms with Crippen LogP contribution in [0.15, 0.2) is 27.5 Å². The maximum absolute atomic E-state index is 13.9. The molecule has 0 radical (unpaired) electrons. The van der Waals surface area contributed by atoms with E-state index in [9.17, 15) is 14.3 Å². The van der Waals surface area contributed by atoms with E-state index in [4.69, 9.17) is 23.7 Å². The molecule has 0 saturated carbocycles. The van der Waals surface area contributed by atoms with Gasteiger partial charge in [0.05, 0.1) is 7.06 Å². The number of rotatable bonds is 4. The summed E-state index contributed by atoms with van der Waals surface area (Å²) in [5, 5.41) is 15.3. The SMILES string of the molecule is [2H]C([2H])([2H])c1nc2n(c(=O)c1C([2H])([2H])C([2H])([2H])N1CCC(c3noc4cc(F)ccc34)CC1)C([2H])([2H])C([2H])([2H])C([2H])([2H])C2([2H])O. The van der Waals surface area contributed by atoms with Crippen molar-refractivity contribution >= 4 is 11.0 Å². The fourth-order valence-electron chi connectivity index (χ4n) is 3.72. The highest BCUT2D eigenvalue weighted by Crippen LogP contribution is 2.32. The lowest BCUT2D eigenvalue weighted by molar-refractivity contribution is 0.129. The Bertz CT molecular complexity index is 1730. The van der Waals surface area contributed by atoms with Crippen molar-refractivity contribution in [3.63, 3.8) is 0 Å². The standard InChI is InChI=1S/C23H27FN4O3/c1-14-17(23(30)28-9-2-3-19(29)22(28)25-14)8-12-27-10-6-15(7-11-27)21-18-5-4-16(24)13-20(18)31-26-21/h4-5,13,15,19,29H,2-3,6-12H2,1H3/i1D3,2D2,3D2,8D2,9D2,12D2,19D. The van der Waals surface area contributed by atoms with E-state index in [-0.39, 0.29) is 42.0 Å². The van der Waals surface area contributed by atoms with Crippen LogP contribution in [0.1, 0.15) is 79.6 Å². The molecular formula is C23H27FN4O3. The lowest BCUT2D eigenvalue weighted by Gasteiger charge is -2.31. The van der Waals surface area contributed by atoms with E-state index in [1.165, 1.54) is 12.1 Å². The third kappa shape index (κ3) is 3.78. The zero-order valence-corrected chi connectivity index (χ0v) is 16.1. The average molecular weight is 441 g/mol. The quantitative estimate of drug-likeness (QED) is 0.671. The first kappa shape index (κ1) is 9.92. The van der Waals surface area contributed by atoms with E-state index < -0.39 is 73.5 Å². The molecule has 2 aromatic heterocycles. The summed E-state index contributed by atoms with van der Waals surface area (Å²) in [4.78, 5) is 18.4. The fourth-order valence-corrected chi connectivity index (χ4v) is 3.72. The van der Waals surface area contributed by atoms with E-state index in [1.807, 2.05) is 0 Å². The molecule has 0 amide bonds. The van der Waals surface area contributed by atoms with Gasteiger partial charge in [-0.1, -0.05) is 5.16 Å². The van der Waals surface area contributed by atoms with Crippen LogP contribution in [-0.2, 0) is 12.9 Å². The number of fused-ring (bicyclic) bond motifs is 2. The molecule has 1 aromatic carbocycles. The summed E-state index contributed by atoms with van der Waals surface area (Å²) in [6.07, 6.45) is -14.6. The number of hydrogen-bond acceptors (Lipinski definition) is 6. The molecule has 0 spiro atoms. The predicted molar refractivity (Wildman–Crippen MR) is 114 cm³/mol. The average Bonchev–Trinajstić information content (AvgIpc) is 3.33. The molecule has 8 heteroatoms. The summed E-state index contributed by atoms with van der Waals surface area (Å²) in [6, 6.07) is 3.87. The van der Waals surface area contributed by atoms with Crippen LogP contribution < -0.4 is 5.56 Å². The summed E-state index contributed by atoms with van der Waals surface area (Å²) >= 11 is 0. The van der Waals surface area contributed by atoms with E-state index >= 15 is 0 Å². The van der Waals surface area contributed by atoms with Gasteiger partial charge >= 0.3 is 0 Å². The summed E-state index contributed by atoms with van der Waals surface area (Å²) in [5.74, 6) is -2.37. The van der Waals surface area contributed by atoms with E-state index in [0.717, 1.165) is 11.0 Å². The van der Waals surface area contributed by atoms with Gasteiger partial charge < -0.3 is 14.5 Å². The maximum Gasteiger partial charge on any atom is 0.257 e. The maximum atomic E-state index is 13.9. The van der Waals surface area contributed by atoms with Gasteiger partial charge in [0.1, 0.15) is 17.7 Å². The van der Waals surface area contributed by atoms with Crippen LogP contribution >= 0.6 is 0 Å². The van der Waals surface area contributed by atoms with Crippen LogP contribution in [0.25, 0.3) is 11.0 Å². The van der Waals surface area contributed by atoms with Gasteiger partial charge in [-0.05, 0) is 64.0 Å². The summed E-state index contributed by atoms with van der Waals surface area (Å²) in [5.41, 5.74) is -4.20. The first-order valence-corrected chi connectivity index (χ1v) is 9.54. The molecule has 7 nitrogen and oxygen atoms in total. The van der Waals surface area contributed by atoms with Crippen molar-refractivity contribution in [2.24, 2.45) is 0 Å². The van der Waals surface area contributed by atoms with Crippen molar-refractivity contribution in [3.05, 3.63) is 57.1 Å². The minimum absolute atomic E-state index is 0.147. The largest absolute Gasteiger partial charge is 0.385 e. The highest BCUT2D eigenvalue weighted by molar-refractivity contribution is 5.79. The molecule has 0 bridgehead atoms. The highest BCUT2D eigenvalue weighted by atomic mass is 19.1. The van der Waals surface area contributed by atoms with Crippen LogP contribution in [0.4, 0.5) is 4.39 Å². The molecule has 0 aliphatic carbocycles. The normalized spacial score (nSPS) is 35.5. The molecule has 1 unspecified atom stereocenters. The number of halogens is 1. The molecule has 2 aliphatic rings. The number of likely N-dealkylation sites (tertiary alicyclic amines) is 1. The summed E-state index contributed by atoms with van der Waals surface area (Å²) < 4.78 is 134. The first-order valence-electron chi connectivity index (χ1n) is 16.5. The van der Waals surface area contributed by atoms with E-state index in [1.54, 1.807) is 0 Å². The second kappa shape index (κ2) is 8.16. The highest BCUT2D eigenvalue weighted by Gasteiger charge is 2.26. The van der Waals surface area contributed by atoms with Crippen LogP contribution in [0.2, 0.25) is 0 Å². The third-order valence-corrected chi connectivity index (χ3v) is 5.33. The Morgan fingerprint density at radius 1 is 1.45 bits per heavy atom. The Morgan fingerprint density at radius 2 is 2.29 bits per heavy atom. The first-order chi connectivity index (χ1) is 20.3. The molecular weight excluding hydrogens is 399 g/mol. The van der Waals surface area contributed by atoms with Crippen LogP contribution in [0.3, 0.4) is 0 Å². The number of piperidine rings is 1. The number of nitrogens with zero attached hydrogens (tertiary/aromatic N) is 4. The molecule has 1 fully saturated rings.